The van der Waals surface area contributed by atoms with Crippen LogP contribution in [0.3, 0.4) is 0 Å². The lowest BCUT2D eigenvalue weighted by Crippen LogP contribution is -2.20. The lowest BCUT2D eigenvalue weighted by Gasteiger charge is -2.17. The van der Waals surface area contributed by atoms with Gasteiger partial charge in [0.25, 0.3) is 5.91 Å². The van der Waals surface area contributed by atoms with Crippen molar-refractivity contribution in [2.24, 2.45) is 0 Å². The van der Waals surface area contributed by atoms with Crippen molar-refractivity contribution in [3.63, 3.8) is 0 Å². The third-order valence-corrected chi connectivity index (χ3v) is 3.93. The van der Waals surface area contributed by atoms with Crippen molar-refractivity contribution >= 4 is 5.91 Å². The molecular weight excluding hydrogens is 298 g/mol. The first-order valence-corrected chi connectivity index (χ1v) is 7.05. The molecule has 3 rings (SSSR count). The number of phenolic OH excluding ortho intramolecular Hbond substituents is 2. The Morgan fingerprint density at radius 2 is 1.70 bits per heavy atom. The fourth-order valence-corrected chi connectivity index (χ4v) is 2.93. The van der Waals surface area contributed by atoms with Gasteiger partial charge < -0.3 is 25.0 Å². The monoisotopic (exact) mass is 315 g/mol. The number of aromatic hydroxyl groups is 2. The second-order valence-electron chi connectivity index (χ2n) is 5.42. The molecule has 0 radical (unpaired) electrons. The predicted octanol–water partition coefficient (Wildman–Crippen LogP) is 2.26. The first-order valence-electron chi connectivity index (χ1n) is 7.05. The molecular formula is C17H17NO5. The minimum absolute atomic E-state index is 0.0128. The Morgan fingerprint density at radius 1 is 1.00 bits per heavy atom. The molecule has 0 aromatic heterocycles. The summed E-state index contributed by atoms with van der Waals surface area (Å²) in [6, 6.07) is 5.77. The highest BCUT2D eigenvalue weighted by Crippen LogP contribution is 2.43. The molecule has 0 saturated carbocycles. The van der Waals surface area contributed by atoms with Crippen molar-refractivity contribution in [3.05, 3.63) is 46.5 Å². The zero-order chi connectivity index (χ0) is 16.7. The van der Waals surface area contributed by atoms with Gasteiger partial charge in [-0.15, -0.1) is 0 Å². The third-order valence-electron chi connectivity index (χ3n) is 3.93. The van der Waals surface area contributed by atoms with E-state index in [1.807, 2.05) is 6.92 Å². The quantitative estimate of drug-likeness (QED) is 0.808. The minimum Gasteiger partial charge on any atom is -0.508 e. The number of rotatable bonds is 3. The fraction of sp³-hybridized carbons (Fsp3) is 0.235. The number of aryl methyl sites for hydroxylation is 1. The molecule has 120 valence electrons. The molecule has 0 bridgehead atoms. The van der Waals surface area contributed by atoms with Crippen LogP contribution in [-0.4, -0.2) is 30.3 Å². The molecule has 1 aliphatic rings. The van der Waals surface area contributed by atoms with Gasteiger partial charge in [-0.25, -0.2) is 0 Å². The molecule has 1 aliphatic heterocycles. The van der Waals surface area contributed by atoms with Crippen molar-refractivity contribution < 1.29 is 24.5 Å². The highest BCUT2D eigenvalue weighted by Gasteiger charge is 2.35. The number of carbonyl (C=O) groups excluding carboxylic acids is 1. The average molecular weight is 315 g/mol. The Hall–Kier alpha value is -2.89. The van der Waals surface area contributed by atoms with Gasteiger partial charge in [-0.05, 0) is 36.2 Å². The molecule has 6 nitrogen and oxygen atoms in total. The van der Waals surface area contributed by atoms with Crippen LogP contribution in [0.5, 0.6) is 23.0 Å². The van der Waals surface area contributed by atoms with Crippen molar-refractivity contribution in [2.45, 2.75) is 13.0 Å². The van der Waals surface area contributed by atoms with Crippen LogP contribution >= 0.6 is 0 Å². The number of amides is 1. The van der Waals surface area contributed by atoms with Gasteiger partial charge in [0.15, 0.2) is 11.5 Å². The van der Waals surface area contributed by atoms with Gasteiger partial charge in [-0.3, -0.25) is 4.79 Å². The van der Waals surface area contributed by atoms with E-state index in [-0.39, 0.29) is 17.4 Å². The van der Waals surface area contributed by atoms with Crippen LogP contribution in [0.25, 0.3) is 0 Å². The number of ether oxygens (including phenoxy) is 2. The topological polar surface area (TPSA) is 88.0 Å². The highest BCUT2D eigenvalue weighted by molar-refractivity contribution is 6.02. The van der Waals surface area contributed by atoms with E-state index < -0.39 is 6.04 Å². The van der Waals surface area contributed by atoms with E-state index in [0.29, 0.717) is 28.2 Å². The normalized spacial score (nSPS) is 16.0. The Bertz CT molecular complexity index is 800. The van der Waals surface area contributed by atoms with Crippen LogP contribution in [0, 0.1) is 6.92 Å². The van der Waals surface area contributed by atoms with Gasteiger partial charge in [0.05, 0.1) is 25.8 Å². The molecule has 0 fully saturated rings. The summed E-state index contributed by atoms with van der Waals surface area (Å²) in [5.74, 6) is 0.246. The largest absolute Gasteiger partial charge is 0.508 e. The Balaban J connectivity index is 2.21. The summed E-state index contributed by atoms with van der Waals surface area (Å²) in [7, 11) is 2.90. The van der Waals surface area contributed by atoms with Crippen molar-refractivity contribution in [1.29, 1.82) is 0 Å². The maximum atomic E-state index is 12.3. The van der Waals surface area contributed by atoms with Gasteiger partial charge in [0.2, 0.25) is 0 Å². The zero-order valence-corrected chi connectivity index (χ0v) is 13.0. The Labute approximate surface area is 133 Å². The Morgan fingerprint density at radius 3 is 2.35 bits per heavy atom. The zero-order valence-electron chi connectivity index (χ0n) is 13.0. The highest BCUT2D eigenvalue weighted by atomic mass is 16.5. The maximum absolute atomic E-state index is 12.3. The average Bonchev–Trinajstić information content (AvgIpc) is 2.85. The molecule has 1 amide bonds. The molecule has 3 N–H and O–H groups in total. The predicted molar refractivity (Wildman–Crippen MR) is 83.4 cm³/mol. The van der Waals surface area contributed by atoms with Gasteiger partial charge in [-0.2, -0.15) is 0 Å². The summed E-state index contributed by atoms with van der Waals surface area (Å²) in [4.78, 5) is 12.3. The molecule has 2 aromatic rings. The van der Waals surface area contributed by atoms with E-state index in [0.717, 1.165) is 5.56 Å². The van der Waals surface area contributed by atoms with Crippen LogP contribution in [0.2, 0.25) is 0 Å². The summed E-state index contributed by atoms with van der Waals surface area (Å²) in [6.45, 7) is 1.87. The van der Waals surface area contributed by atoms with E-state index in [9.17, 15) is 15.0 Å². The molecule has 2 aromatic carbocycles. The molecule has 0 saturated heterocycles. The molecule has 0 unspecified atom stereocenters. The summed E-state index contributed by atoms with van der Waals surface area (Å²) in [6.07, 6.45) is 0. The van der Waals surface area contributed by atoms with Gasteiger partial charge >= 0.3 is 0 Å². The number of methoxy groups -OCH3 is 2. The summed E-state index contributed by atoms with van der Waals surface area (Å²) in [5, 5.41) is 23.1. The number of benzene rings is 2. The molecule has 1 heterocycles. The lowest BCUT2D eigenvalue weighted by atomic mass is 9.95. The number of fused-ring (bicyclic) bond motifs is 1. The third kappa shape index (κ3) is 2.32. The lowest BCUT2D eigenvalue weighted by molar-refractivity contribution is 0.0958. The summed E-state index contributed by atoms with van der Waals surface area (Å²) in [5.41, 5.74) is 2.29. The van der Waals surface area contributed by atoms with Crippen LogP contribution in [0.4, 0.5) is 0 Å². The van der Waals surface area contributed by atoms with Crippen LogP contribution in [-0.2, 0) is 0 Å². The molecule has 0 aliphatic carbocycles. The first kappa shape index (κ1) is 15.0. The van der Waals surface area contributed by atoms with Crippen molar-refractivity contribution in [3.8, 4) is 23.0 Å². The van der Waals surface area contributed by atoms with Gasteiger partial charge in [0, 0.05) is 11.6 Å². The second-order valence-corrected chi connectivity index (χ2v) is 5.42. The number of hydrogen-bond acceptors (Lipinski definition) is 5. The van der Waals surface area contributed by atoms with E-state index in [1.165, 1.54) is 26.4 Å². The van der Waals surface area contributed by atoms with E-state index in [4.69, 9.17) is 9.47 Å². The molecule has 23 heavy (non-hydrogen) atoms. The number of nitrogens with one attached hydrogen (secondary N) is 1. The summed E-state index contributed by atoms with van der Waals surface area (Å²) < 4.78 is 10.4. The number of hydrogen-bond donors (Lipinski definition) is 3. The second kappa shape index (κ2) is 5.39. The summed E-state index contributed by atoms with van der Waals surface area (Å²) >= 11 is 0. The number of phenols is 2. The van der Waals surface area contributed by atoms with Crippen LogP contribution in [0.15, 0.2) is 24.3 Å². The van der Waals surface area contributed by atoms with E-state index >= 15 is 0 Å². The minimum atomic E-state index is -0.590. The van der Waals surface area contributed by atoms with Crippen LogP contribution in [0.1, 0.15) is 33.1 Å². The SMILES string of the molecule is COc1cc(C)cc([C@H]2NC(=O)c3c(OC)cc(O)cc32)c1O. The van der Waals surface area contributed by atoms with Gasteiger partial charge in [0.1, 0.15) is 11.5 Å². The maximum Gasteiger partial charge on any atom is 0.256 e. The molecule has 0 spiro atoms. The van der Waals surface area contributed by atoms with E-state index in [1.54, 1.807) is 12.1 Å². The van der Waals surface area contributed by atoms with Crippen molar-refractivity contribution in [2.75, 3.05) is 14.2 Å². The van der Waals surface area contributed by atoms with Gasteiger partial charge in [-0.1, -0.05) is 0 Å². The fourth-order valence-electron chi connectivity index (χ4n) is 2.93. The van der Waals surface area contributed by atoms with E-state index in [2.05, 4.69) is 5.32 Å². The first-order chi connectivity index (χ1) is 11.0. The Kier molecular flexibility index (Phi) is 3.52. The van der Waals surface area contributed by atoms with Crippen LogP contribution < -0.4 is 14.8 Å². The van der Waals surface area contributed by atoms with Crippen molar-refractivity contribution in [1.82, 2.24) is 5.32 Å². The molecule has 1 atom stereocenters. The number of carbonyl (C=O) groups is 1. The smallest absolute Gasteiger partial charge is 0.256 e. The molecule has 6 heteroatoms. The standard InChI is InChI=1S/C17H17NO5/c1-8-4-11(16(20)13(5-8)23-3)15-10-6-9(19)7-12(22-2)14(10)17(21)18-15/h4-7,15,19-20H,1-3H3,(H,18,21)/t15-/m0/s1.